The Kier molecular flexibility index (Phi) is 4.06. The number of methoxy groups -OCH3 is 1. The molecule has 0 radical (unpaired) electrons. The van der Waals surface area contributed by atoms with Gasteiger partial charge in [-0.2, -0.15) is 0 Å². The average molecular weight is 287 g/mol. The van der Waals surface area contributed by atoms with Gasteiger partial charge in [-0.15, -0.1) is 0 Å². The Morgan fingerprint density at radius 3 is 2.40 bits per heavy atom. The molecular formula is C13H15F2NO4. The molecule has 7 heteroatoms. The van der Waals surface area contributed by atoms with E-state index in [-0.39, 0.29) is 43.2 Å². The third-order valence-electron chi connectivity index (χ3n) is 3.28. The van der Waals surface area contributed by atoms with Crippen molar-refractivity contribution in [2.24, 2.45) is 0 Å². The minimum Gasteiger partial charge on any atom is -0.496 e. The van der Waals surface area contributed by atoms with E-state index >= 15 is 0 Å². The molecule has 0 atom stereocenters. The molecule has 1 aliphatic rings. The number of non-ortho nitro benzene ring substituents is 1. The lowest BCUT2D eigenvalue weighted by molar-refractivity contribution is -0.385. The molecule has 0 bridgehead atoms. The van der Waals surface area contributed by atoms with Crippen LogP contribution in [0.4, 0.5) is 14.5 Å². The van der Waals surface area contributed by atoms with Gasteiger partial charge in [0.2, 0.25) is 5.92 Å². The summed E-state index contributed by atoms with van der Waals surface area (Å²) in [5.74, 6) is -2.05. The normalized spacial score (nSPS) is 18.6. The fourth-order valence-corrected chi connectivity index (χ4v) is 2.17. The standard InChI is InChI=1S/C13H15F2NO4/c1-19-11-6-9(16(17)18)7-12(8-11)20-10-2-4-13(14,15)5-3-10/h6-8,10H,2-5H2,1H3. The Morgan fingerprint density at radius 1 is 1.25 bits per heavy atom. The first-order valence-corrected chi connectivity index (χ1v) is 6.27. The van der Waals surface area contributed by atoms with Gasteiger partial charge < -0.3 is 9.47 Å². The second-order valence-electron chi connectivity index (χ2n) is 4.80. The highest BCUT2D eigenvalue weighted by Crippen LogP contribution is 2.36. The van der Waals surface area contributed by atoms with Crippen LogP contribution < -0.4 is 9.47 Å². The van der Waals surface area contributed by atoms with E-state index in [0.29, 0.717) is 5.75 Å². The van der Waals surface area contributed by atoms with E-state index in [1.165, 1.54) is 25.3 Å². The third kappa shape index (κ3) is 3.55. The second kappa shape index (κ2) is 5.60. The van der Waals surface area contributed by atoms with E-state index in [9.17, 15) is 18.9 Å². The summed E-state index contributed by atoms with van der Waals surface area (Å²) in [4.78, 5) is 10.2. The monoisotopic (exact) mass is 287 g/mol. The first-order valence-electron chi connectivity index (χ1n) is 6.27. The van der Waals surface area contributed by atoms with E-state index in [4.69, 9.17) is 9.47 Å². The van der Waals surface area contributed by atoms with Crippen molar-refractivity contribution in [3.05, 3.63) is 28.3 Å². The highest BCUT2D eigenvalue weighted by molar-refractivity contribution is 5.46. The molecule has 5 nitrogen and oxygen atoms in total. The summed E-state index contributed by atoms with van der Waals surface area (Å²) in [6.07, 6.45) is -0.315. The maximum absolute atomic E-state index is 13.0. The molecule has 0 spiro atoms. The fraction of sp³-hybridized carbons (Fsp3) is 0.538. The molecule has 2 rings (SSSR count). The predicted molar refractivity (Wildman–Crippen MR) is 67.5 cm³/mol. The van der Waals surface area contributed by atoms with Crippen LogP contribution in [-0.2, 0) is 0 Å². The number of hydrogen-bond acceptors (Lipinski definition) is 4. The summed E-state index contributed by atoms with van der Waals surface area (Å²) in [5.41, 5.74) is -0.152. The zero-order valence-corrected chi connectivity index (χ0v) is 11.0. The highest BCUT2D eigenvalue weighted by atomic mass is 19.3. The number of hydrogen-bond donors (Lipinski definition) is 0. The summed E-state index contributed by atoms with van der Waals surface area (Å²) >= 11 is 0. The van der Waals surface area contributed by atoms with Crippen LogP contribution in [0.2, 0.25) is 0 Å². The summed E-state index contributed by atoms with van der Waals surface area (Å²) < 4.78 is 36.6. The van der Waals surface area contributed by atoms with Gasteiger partial charge in [0.05, 0.1) is 30.3 Å². The van der Waals surface area contributed by atoms with Gasteiger partial charge in [0.25, 0.3) is 5.69 Å². The highest BCUT2D eigenvalue weighted by Gasteiger charge is 2.35. The Morgan fingerprint density at radius 2 is 1.85 bits per heavy atom. The van der Waals surface area contributed by atoms with Crippen LogP contribution in [0, 0.1) is 10.1 Å². The Hall–Kier alpha value is -1.92. The lowest BCUT2D eigenvalue weighted by Gasteiger charge is -2.28. The zero-order chi connectivity index (χ0) is 14.8. The van der Waals surface area contributed by atoms with Crippen molar-refractivity contribution < 1.29 is 23.2 Å². The van der Waals surface area contributed by atoms with Gasteiger partial charge in [0.1, 0.15) is 11.5 Å². The predicted octanol–water partition coefficient (Wildman–Crippen LogP) is 3.56. The second-order valence-corrected chi connectivity index (χ2v) is 4.80. The van der Waals surface area contributed by atoms with Crippen molar-refractivity contribution in [2.75, 3.05) is 7.11 Å². The minimum absolute atomic E-state index is 0.152. The van der Waals surface area contributed by atoms with Crippen LogP contribution in [-0.4, -0.2) is 24.1 Å². The summed E-state index contributed by atoms with van der Waals surface area (Å²) in [6.45, 7) is 0. The van der Waals surface area contributed by atoms with Crippen LogP contribution in [0.15, 0.2) is 18.2 Å². The van der Waals surface area contributed by atoms with Crippen LogP contribution in [0.25, 0.3) is 0 Å². The molecule has 1 saturated carbocycles. The molecule has 1 aromatic rings. The van der Waals surface area contributed by atoms with Crippen LogP contribution in [0.5, 0.6) is 11.5 Å². The molecule has 0 amide bonds. The van der Waals surface area contributed by atoms with Crippen LogP contribution in [0.1, 0.15) is 25.7 Å². The lowest BCUT2D eigenvalue weighted by atomic mass is 9.94. The van der Waals surface area contributed by atoms with Gasteiger partial charge in [0, 0.05) is 18.9 Å². The molecule has 0 N–H and O–H groups in total. The molecule has 1 aliphatic carbocycles. The number of alkyl halides is 2. The Bertz CT molecular complexity index is 497. The molecule has 1 aromatic carbocycles. The number of nitro groups is 1. The molecular weight excluding hydrogens is 272 g/mol. The van der Waals surface area contributed by atoms with Crippen molar-refractivity contribution in [1.29, 1.82) is 0 Å². The zero-order valence-electron chi connectivity index (χ0n) is 11.0. The van der Waals surface area contributed by atoms with Crippen molar-refractivity contribution in [1.82, 2.24) is 0 Å². The molecule has 110 valence electrons. The molecule has 0 aromatic heterocycles. The van der Waals surface area contributed by atoms with Gasteiger partial charge in [-0.1, -0.05) is 0 Å². The average Bonchev–Trinajstić information content (AvgIpc) is 2.41. The number of nitrogens with zero attached hydrogens (tertiary/aromatic N) is 1. The molecule has 0 saturated heterocycles. The van der Waals surface area contributed by atoms with Gasteiger partial charge in [-0.25, -0.2) is 8.78 Å². The molecule has 1 fully saturated rings. The summed E-state index contributed by atoms with van der Waals surface area (Å²) in [6, 6.07) is 4.07. The molecule has 20 heavy (non-hydrogen) atoms. The van der Waals surface area contributed by atoms with Crippen LogP contribution >= 0.6 is 0 Å². The summed E-state index contributed by atoms with van der Waals surface area (Å²) in [7, 11) is 1.39. The van der Waals surface area contributed by atoms with Gasteiger partial charge in [-0.3, -0.25) is 10.1 Å². The number of rotatable bonds is 4. The van der Waals surface area contributed by atoms with E-state index in [0.717, 1.165) is 0 Å². The fourth-order valence-electron chi connectivity index (χ4n) is 2.17. The molecule has 0 aliphatic heterocycles. The largest absolute Gasteiger partial charge is 0.496 e. The smallest absolute Gasteiger partial charge is 0.276 e. The van der Waals surface area contributed by atoms with E-state index in [2.05, 4.69) is 0 Å². The number of benzene rings is 1. The Balaban J connectivity index is 2.09. The van der Waals surface area contributed by atoms with E-state index in [1.54, 1.807) is 0 Å². The molecule has 0 unspecified atom stereocenters. The maximum Gasteiger partial charge on any atom is 0.276 e. The first-order chi connectivity index (χ1) is 9.39. The van der Waals surface area contributed by atoms with Gasteiger partial charge in [0.15, 0.2) is 0 Å². The van der Waals surface area contributed by atoms with Crippen molar-refractivity contribution in [2.45, 2.75) is 37.7 Å². The van der Waals surface area contributed by atoms with Crippen molar-refractivity contribution in [3.63, 3.8) is 0 Å². The number of ether oxygens (including phenoxy) is 2. The third-order valence-corrected chi connectivity index (χ3v) is 3.28. The number of halogens is 2. The maximum atomic E-state index is 13.0. The van der Waals surface area contributed by atoms with Crippen LogP contribution in [0.3, 0.4) is 0 Å². The number of nitro benzene ring substituents is 1. The molecule has 0 heterocycles. The topological polar surface area (TPSA) is 61.6 Å². The van der Waals surface area contributed by atoms with E-state index < -0.39 is 10.8 Å². The quantitative estimate of drug-likeness (QED) is 0.627. The van der Waals surface area contributed by atoms with Crippen molar-refractivity contribution in [3.8, 4) is 11.5 Å². The lowest BCUT2D eigenvalue weighted by Crippen LogP contribution is -2.30. The first kappa shape index (κ1) is 14.5. The van der Waals surface area contributed by atoms with Gasteiger partial charge >= 0.3 is 0 Å². The summed E-state index contributed by atoms with van der Waals surface area (Å²) in [5, 5.41) is 10.8. The minimum atomic E-state index is -2.62. The SMILES string of the molecule is COc1cc(OC2CCC(F)(F)CC2)cc([N+](=O)[O-])c1. The van der Waals surface area contributed by atoms with Crippen molar-refractivity contribution >= 4 is 5.69 Å². The van der Waals surface area contributed by atoms with E-state index in [1.807, 2.05) is 0 Å². The Labute approximate surface area is 114 Å². The van der Waals surface area contributed by atoms with Gasteiger partial charge in [-0.05, 0) is 12.8 Å².